The van der Waals surface area contributed by atoms with Crippen LogP contribution in [0.1, 0.15) is 41.0 Å². The molecule has 0 radical (unpaired) electrons. The first-order valence-electron chi connectivity index (χ1n) is 4.75. The molecule has 1 unspecified atom stereocenters. The Balaban J connectivity index is 3.70. The second kappa shape index (κ2) is 5.93. The van der Waals surface area contributed by atoms with E-state index < -0.39 is 0 Å². The van der Waals surface area contributed by atoms with Crippen molar-refractivity contribution in [2.75, 3.05) is 5.75 Å². The maximum Gasteiger partial charge on any atom is 0.00467 e. The lowest BCUT2D eigenvalue weighted by molar-refractivity contribution is 0.375. The normalized spacial score (nSPS) is 19.4. The third-order valence-electron chi connectivity index (χ3n) is 2.71. The first kappa shape index (κ1) is 11.4. The third kappa shape index (κ3) is 4.05. The van der Waals surface area contributed by atoms with Crippen LogP contribution in [-0.4, -0.2) is 11.0 Å². The van der Waals surface area contributed by atoms with Crippen molar-refractivity contribution < 1.29 is 0 Å². The Morgan fingerprint density at radius 2 is 1.64 bits per heavy atom. The Morgan fingerprint density at radius 3 is 2.00 bits per heavy atom. The molecule has 0 aromatic rings. The van der Waals surface area contributed by atoms with Crippen molar-refractivity contribution >= 4 is 11.8 Å². The van der Waals surface area contributed by atoms with Gasteiger partial charge in [-0.25, -0.2) is 0 Å². The molecule has 0 saturated heterocycles. The zero-order valence-corrected chi connectivity index (χ0v) is 9.37. The summed E-state index contributed by atoms with van der Waals surface area (Å²) in [5.74, 6) is 3.00. The van der Waals surface area contributed by atoms with E-state index in [-0.39, 0.29) is 0 Å². The van der Waals surface area contributed by atoms with E-state index in [9.17, 15) is 0 Å². The van der Waals surface area contributed by atoms with Gasteiger partial charge in [0.2, 0.25) is 0 Å². The Kier molecular flexibility index (Phi) is 6.12. The van der Waals surface area contributed by atoms with Crippen molar-refractivity contribution in [3.63, 3.8) is 0 Å². The van der Waals surface area contributed by atoms with E-state index in [1.807, 2.05) is 0 Å². The highest BCUT2D eigenvalue weighted by atomic mass is 32.2. The molecule has 11 heavy (non-hydrogen) atoms. The van der Waals surface area contributed by atoms with Gasteiger partial charge in [0.05, 0.1) is 0 Å². The van der Waals surface area contributed by atoms with Crippen molar-refractivity contribution in [3.05, 3.63) is 0 Å². The first-order valence-corrected chi connectivity index (χ1v) is 5.79. The minimum atomic E-state index is 0.829. The summed E-state index contributed by atoms with van der Waals surface area (Å²) in [7, 11) is 0. The molecule has 0 aromatic heterocycles. The molecule has 0 aliphatic carbocycles. The molecule has 0 amide bonds. The van der Waals surface area contributed by atoms with Crippen molar-refractivity contribution in [1.82, 2.24) is 0 Å². The second-order valence-electron chi connectivity index (χ2n) is 3.41. The summed E-state index contributed by atoms with van der Waals surface area (Å²) in [5, 5.41) is 0.829. The van der Waals surface area contributed by atoms with Gasteiger partial charge in [-0.2, -0.15) is 11.8 Å². The predicted octanol–water partition coefficient (Wildman–Crippen LogP) is 3.81. The maximum atomic E-state index is 2.38. The van der Waals surface area contributed by atoms with Gasteiger partial charge in [0.25, 0.3) is 0 Å². The monoisotopic (exact) mass is 174 g/mol. The quantitative estimate of drug-likeness (QED) is 0.611. The molecule has 0 aromatic carbocycles. The van der Waals surface area contributed by atoms with Crippen LogP contribution in [0.5, 0.6) is 0 Å². The van der Waals surface area contributed by atoms with Gasteiger partial charge in [-0.15, -0.1) is 0 Å². The summed E-state index contributed by atoms with van der Waals surface area (Å²) in [6.07, 6.45) is 1.32. The molecule has 0 rings (SSSR count). The van der Waals surface area contributed by atoms with Gasteiger partial charge < -0.3 is 0 Å². The summed E-state index contributed by atoms with van der Waals surface area (Å²) in [6, 6.07) is 0. The van der Waals surface area contributed by atoms with Crippen molar-refractivity contribution in [1.29, 1.82) is 0 Å². The number of rotatable bonds is 5. The predicted molar refractivity (Wildman–Crippen MR) is 56.2 cm³/mol. The van der Waals surface area contributed by atoms with Gasteiger partial charge in [0.1, 0.15) is 0 Å². The van der Waals surface area contributed by atoms with E-state index in [4.69, 9.17) is 0 Å². The van der Waals surface area contributed by atoms with E-state index in [1.54, 1.807) is 0 Å². The van der Waals surface area contributed by atoms with E-state index in [2.05, 4.69) is 46.4 Å². The Bertz CT molecular complexity index is 90.9. The SMILES string of the molecule is CCS[C@@H](C)[C@@H](C)C(C)CC. The molecule has 1 heteroatoms. The summed E-state index contributed by atoms with van der Waals surface area (Å²) in [5.41, 5.74) is 0. The minimum Gasteiger partial charge on any atom is -0.159 e. The Hall–Kier alpha value is 0.350. The molecular weight excluding hydrogens is 152 g/mol. The Morgan fingerprint density at radius 1 is 1.09 bits per heavy atom. The molecule has 3 atom stereocenters. The van der Waals surface area contributed by atoms with Crippen LogP contribution in [0, 0.1) is 11.8 Å². The number of hydrogen-bond donors (Lipinski definition) is 0. The number of thioether (sulfide) groups is 1. The first-order chi connectivity index (χ1) is 5.13. The lowest BCUT2D eigenvalue weighted by atomic mass is 9.91. The molecule has 0 N–H and O–H groups in total. The maximum absolute atomic E-state index is 2.38. The highest BCUT2D eigenvalue weighted by Crippen LogP contribution is 2.26. The molecule has 0 saturated carbocycles. The second-order valence-corrected chi connectivity index (χ2v) is 5.06. The fourth-order valence-corrected chi connectivity index (χ4v) is 2.35. The average Bonchev–Trinajstić information content (AvgIpc) is 2.02. The van der Waals surface area contributed by atoms with Crippen molar-refractivity contribution in [2.24, 2.45) is 11.8 Å². The zero-order valence-electron chi connectivity index (χ0n) is 8.55. The molecule has 0 aliphatic heterocycles. The fourth-order valence-electron chi connectivity index (χ4n) is 1.25. The van der Waals surface area contributed by atoms with Crippen LogP contribution >= 0.6 is 11.8 Å². The Labute approximate surface area is 76.1 Å². The van der Waals surface area contributed by atoms with Crippen LogP contribution in [0.25, 0.3) is 0 Å². The van der Waals surface area contributed by atoms with E-state index in [0.717, 1.165) is 17.1 Å². The van der Waals surface area contributed by atoms with Gasteiger partial charge in [0.15, 0.2) is 0 Å². The summed E-state index contributed by atoms with van der Waals surface area (Å²) < 4.78 is 0. The molecule has 0 spiro atoms. The lowest BCUT2D eigenvalue weighted by Crippen LogP contribution is -2.18. The van der Waals surface area contributed by atoms with Gasteiger partial charge >= 0.3 is 0 Å². The molecule has 0 bridgehead atoms. The van der Waals surface area contributed by atoms with Crippen molar-refractivity contribution in [3.8, 4) is 0 Å². The largest absolute Gasteiger partial charge is 0.159 e. The summed E-state index contributed by atoms with van der Waals surface area (Å²) in [6.45, 7) is 11.6. The van der Waals surface area contributed by atoms with Crippen LogP contribution < -0.4 is 0 Å². The lowest BCUT2D eigenvalue weighted by Gasteiger charge is -2.24. The van der Waals surface area contributed by atoms with Crippen LogP contribution in [0.4, 0.5) is 0 Å². The van der Waals surface area contributed by atoms with Crippen LogP contribution in [0.3, 0.4) is 0 Å². The molecule has 0 heterocycles. The summed E-state index contributed by atoms with van der Waals surface area (Å²) in [4.78, 5) is 0. The standard InChI is InChI=1S/C10H22S/c1-6-8(3)9(4)10(5)11-7-2/h8-10H,6-7H2,1-5H3/t8?,9-,10-/m0/s1. The van der Waals surface area contributed by atoms with Crippen molar-refractivity contribution in [2.45, 2.75) is 46.3 Å². The van der Waals surface area contributed by atoms with Gasteiger partial charge in [-0.3, -0.25) is 0 Å². The van der Waals surface area contributed by atoms with Gasteiger partial charge in [-0.1, -0.05) is 41.0 Å². The van der Waals surface area contributed by atoms with Crippen LogP contribution in [0.15, 0.2) is 0 Å². The minimum absolute atomic E-state index is 0.829. The number of hydrogen-bond acceptors (Lipinski definition) is 1. The molecular formula is C10H22S. The van der Waals surface area contributed by atoms with Crippen LogP contribution in [0.2, 0.25) is 0 Å². The molecule has 68 valence electrons. The molecule has 0 aliphatic rings. The average molecular weight is 174 g/mol. The molecule has 0 fully saturated rings. The third-order valence-corrected chi connectivity index (χ3v) is 4.00. The smallest absolute Gasteiger partial charge is 0.00467 e. The highest BCUT2D eigenvalue weighted by Gasteiger charge is 2.16. The van der Waals surface area contributed by atoms with E-state index in [0.29, 0.717) is 0 Å². The van der Waals surface area contributed by atoms with Crippen LogP contribution in [-0.2, 0) is 0 Å². The van der Waals surface area contributed by atoms with Gasteiger partial charge in [-0.05, 0) is 17.6 Å². The molecule has 0 nitrogen and oxygen atoms in total. The topological polar surface area (TPSA) is 0 Å². The van der Waals surface area contributed by atoms with E-state index in [1.165, 1.54) is 12.2 Å². The van der Waals surface area contributed by atoms with E-state index >= 15 is 0 Å². The van der Waals surface area contributed by atoms with Gasteiger partial charge in [0, 0.05) is 5.25 Å². The fraction of sp³-hybridized carbons (Fsp3) is 1.00. The highest BCUT2D eigenvalue weighted by molar-refractivity contribution is 7.99. The summed E-state index contributed by atoms with van der Waals surface area (Å²) >= 11 is 2.08. The zero-order chi connectivity index (χ0) is 8.85.